The van der Waals surface area contributed by atoms with Gasteiger partial charge >= 0.3 is 12.1 Å². The van der Waals surface area contributed by atoms with Gasteiger partial charge in [-0.2, -0.15) is 0 Å². The molecule has 2 amide bonds. The van der Waals surface area contributed by atoms with E-state index in [1.54, 1.807) is 0 Å². The molecule has 0 saturated heterocycles. The molecular formula is C16H14N2O8. The summed E-state index contributed by atoms with van der Waals surface area (Å²) < 4.78 is 14.5. The number of hydrogen-bond donors (Lipinski definition) is 1. The number of nitrogens with one attached hydrogen (secondary N) is 1. The number of amides is 2. The van der Waals surface area contributed by atoms with E-state index in [9.17, 15) is 24.5 Å². The minimum atomic E-state index is -1.26. The summed E-state index contributed by atoms with van der Waals surface area (Å²) in [4.78, 5) is 44.7. The lowest BCUT2D eigenvalue weighted by molar-refractivity contribution is -0.384. The van der Waals surface area contributed by atoms with Gasteiger partial charge in [-0.05, 0) is 31.2 Å². The highest BCUT2D eigenvalue weighted by Crippen LogP contribution is 2.25. The summed E-state index contributed by atoms with van der Waals surface area (Å²) in [5, 5.41) is 12.5. The molecule has 26 heavy (non-hydrogen) atoms. The third-order valence-electron chi connectivity index (χ3n) is 3.23. The van der Waals surface area contributed by atoms with E-state index in [0.717, 1.165) is 7.11 Å². The average molecular weight is 362 g/mol. The molecule has 0 bridgehead atoms. The van der Waals surface area contributed by atoms with Gasteiger partial charge in [0.15, 0.2) is 6.10 Å². The monoisotopic (exact) mass is 362 g/mol. The lowest BCUT2D eigenvalue weighted by atomic mass is 10.1. The normalized spacial score (nSPS) is 11.3. The number of furan rings is 1. The Kier molecular flexibility index (Phi) is 5.68. The number of benzene rings is 1. The van der Waals surface area contributed by atoms with Crippen molar-refractivity contribution in [1.82, 2.24) is 5.32 Å². The molecule has 1 N–H and O–H groups in total. The van der Waals surface area contributed by atoms with E-state index >= 15 is 0 Å². The van der Waals surface area contributed by atoms with Gasteiger partial charge in [-0.15, -0.1) is 0 Å². The Morgan fingerprint density at radius 3 is 2.38 bits per heavy atom. The summed E-state index contributed by atoms with van der Waals surface area (Å²) in [6.45, 7) is 1.27. The second kappa shape index (κ2) is 7.92. The summed E-state index contributed by atoms with van der Waals surface area (Å²) in [6, 6.07) is 8.36. The third kappa shape index (κ3) is 4.44. The van der Waals surface area contributed by atoms with Gasteiger partial charge in [0, 0.05) is 17.7 Å². The Hall–Kier alpha value is -3.69. The fourth-order valence-electron chi connectivity index (χ4n) is 1.88. The molecule has 2 aromatic rings. The van der Waals surface area contributed by atoms with Crippen LogP contribution >= 0.6 is 0 Å². The zero-order chi connectivity index (χ0) is 19.3. The number of esters is 1. The molecule has 0 saturated carbocycles. The summed E-state index contributed by atoms with van der Waals surface area (Å²) >= 11 is 0. The van der Waals surface area contributed by atoms with Crippen LogP contribution in [0.15, 0.2) is 40.8 Å². The van der Waals surface area contributed by atoms with Crippen molar-refractivity contribution in [2.75, 3.05) is 7.11 Å². The van der Waals surface area contributed by atoms with E-state index in [-0.39, 0.29) is 11.4 Å². The first-order chi connectivity index (χ1) is 12.3. The van der Waals surface area contributed by atoms with Crippen molar-refractivity contribution in [2.24, 2.45) is 0 Å². The number of nitro benzene ring substituents is 1. The number of nitro groups is 1. The van der Waals surface area contributed by atoms with Crippen LogP contribution in [0.4, 0.5) is 10.5 Å². The van der Waals surface area contributed by atoms with Gasteiger partial charge in [0.2, 0.25) is 5.76 Å². The number of rotatable bonds is 5. The van der Waals surface area contributed by atoms with E-state index in [4.69, 9.17) is 9.15 Å². The molecule has 0 aliphatic heterocycles. The molecule has 2 rings (SSSR count). The van der Waals surface area contributed by atoms with Crippen LogP contribution in [0.3, 0.4) is 0 Å². The van der Waals surface area contributed by atoms with Gasteiger partial charge in [0.05, 0.1) is 12.0 Å². The van der Waals surface area contributed by atoms with Crippen LogP contribution in [0.2, 0.25) is 0 Å². The largest absolute Gasteiger partial charge is 0.453 e. The minimum absolute atomic E-state index is 0.0783. The summed E-state index contributed by atoms with van der Waals surface area (Å²) in [6.07, 6.45) is -2.23. The average Bonchev–Trinajstić information content (AvgIpc) is 3.11. The zero-order valence-corrected chi connectivity index (χ0v) is 13.8. The Morgan fingerprint density at radius 2 is 1.81 bits per heavy atom. The van der Waals surface area contributed by atoms with Gasteiger partial charge in [0.25, 0.3) is 11.6 Å². The predicted molar refractivity (Wildman–Crippen MR) is 86.2 cm³/mol. The van der Waals surface area contributed by atoms with Crippen LogP contribution in [0, 0.1) is 10.1 Å². The smallest absolute Gasteiger partial charge is 0.413 e. The molecule has 136 valence electrons. The first-order valence-corrected chi connectivity index (χ1v) is 7.26. The van der Waals surface area contributed by atoms with Crippen molar-refractivity contribution in [3.8, 4) is 11.3 Å². The number of nitrogens with zero attached hydrogens (tertiary/aromatic N) is 1. The molecular weight excluding hydrogens is 348 g/mol. The van der Waals surface area contributed by atoms with Gasteiger partial charge in [-0.1, -0.05) is 0 Å². The minimum Gasteiger partial charge on any atom is -0.453 e. The fourth-order valence-corrected chi connectivity index (χ4v) is 1.88. The number of hydrogen-bond acceptors (Lipinski definition) is 8. The van der Waals surface area contributed by atoms with Gasteiger partial charge in [0.1, 0.15) is 5.76 Å². The number of carbonyl (C=O) groups is 3. The molecule has 1 atom stereocenters. The highest BCUT2D eigenvalue weighted by molar-refractivity contribution is 5.96. The standard InChI is InChI=1S/C16H14N2O8/c1-9(14(19)17-16(21)24-2)25-15(20)13-8-7-12(26-13)10-3-5-11(6-4-10)18(22)23/h3-9H,1-2H3,(H,17,19,21)/t9-/m0/s1. The van der Waals surface area contributed by atoms with E-state index < -0.39 is 29.0 Å². The predicted octanol–water partition coefficient (Wildman–Crippen LogP) is 2.28. The molecule has 1 aromatic heterocycles. The second-order valence-electron chi connectivity index (χ2n) is 5.00. The Morgan fingerprint density at radius 1 is 1.15 bits per heavy atom. The molecule has 0 aliphatic carbocycles. The van der Waals surface area contributed by atoms with Gasteiger partial charge in [-0.25, -0.2) is 9.59 Å². The summed E-state index contributed by atoms with van der Waals surface area (Å²) in [5.41, 5.74) is 0.441. The van der Waals surface area contributed by atoms with Crippen molar-refractivity contribution >= 4 is 23.7 Å². The Balaban J connectivity index is 2.04. The number of methoxy groups -OCH3 is 1. The van der Waals surface area contributed by atoms with Crippen molar-refractivity contribution in [1.29, 1.82) is 0 Å². The molecule has 0 radical (unpaired) electrons. The topological polar surface area (TPSA) is 138 Å². The van der Waals surface area contributed by atoms with Crippen molar-refractivity contribution in [3.05, 3.63) is 52.3 Å². The molecule has 0 unspecified atom stereocenters. The molecule has 0 fully saturated rings. The summed E-state index contributed by atoms with van der Waals surface area (Å²) in [5.74, 6) is -1.65. The molecule has 0 aliphatic rings. The van der Waals surface area contributed by atoms with Crippen molar-refractivity contribution in [2.45, 2.75) is 13.0 Å². The number of non-ortho nitro benzene ring substituents is 1. The maximum absolute atomic E-state index is 12.0. The van der Waals surface area contributed by atoms with Gasteiger partial charge in [-0.3, -0.25) is 20.2 Å². The third-order valence-corrected chi connectivity index (χ3v) is 3.23. The SMILES string of the molecule is COC(=O)NC(=O)[C@H](C)OC(=O)c1ccc(-c2ccc([N+](=O)[O-])cc2)o1. The molecule has 1 aromatic carbocycles. The summed E-state index contributed by atoms with van der Waals surface area (Å²) in [7, 11) is 1.09. The number of alkyl carbamates (subject to hydrolysis) is 1. The number of ether oxygens (including phenoxy) is 2. The van der Waals surface area contributed by atoms with E-state index in [2.05, 4.69) is 4.74 Å². The van der Waals surface area contributed by atoms with Crippen LogP contribution in [-0.4, -0.2) is 36.1 Å². The molecule has 10 heteroatoms. The second-order valence-corrected chi connectivity index (χ2v) is 5.00. The molecule has 0 spiro atoms. The highest BCUT2D eigenvalue weighted by atomic mass is 16.6. The van der Waals surface area contributed by atoms with Crippen LogP contribution < -0.4 is 5.32 Å². The van der Waals surface area contributed by atoms with Crippen molar-refractivity contribution in [3.63, 3.8) is 0 Å². The number of carbonyl (C=O) groups excluding carboxylic acids is 3. The maximum atomic E-state index is 12.0. The van der Waals surface area contributed by atoms with E-state index in [0.29, 0.717) is 11.3 Å². The number of imide groups is 1. The van der Waals surface area contributed by atoms with Crippen LogP contribution in [-0.2, 0) is 14.3 Å². The van der Waals surface area contributed by atoms with E-state index in [1.807, 2.05) is 5.32 Å². The first kappa shape index (κ1) is 18.6. The van der Waals surface area contributed by atoms with Crippen LogP contribution in [0.5, 0.6) is 0 Å². The van der Waals surface area contributed by atoms with Crippen LogP contribution in [0.1, 0.15) is 17.5 Å². The Bertz CT molecular complexity index is 840. The quantitative estimate of drug-likeness (QED) is 0.485. The lowest BCUT2D eigenvalue weighted by Crippen LogP contribution is -2.39. The molecule has 10 nitrogen and oxygen atoms in total. The van der Waals surface area contributed by atoms with Crippen LogP contribution in [0.25, 0.3) is 11.3 Å². The zero-order valence-electron chi connectivity index (χ0n) is 13.8. The van der Waals surface area contributed by atoms with Crippen molar-refractivity contribution < 1.29 is 33.2 Å². The fraction of sp³-hybridized carbons (Fsp3) is 0.188. The highest BCUT2D eigenvalue weighted by Gasteiger charge is 2.23. The first-order valence-electron chi connectivity index (χ1n) is 7.26. The maximum Gasteiger partial charge on any atom is 0.413 e. The van der Waals surface area contributed by atoms with E-state index in [1.165, 1.54) is 43.3 Å². The Labute approximate surface area is 146 Å². The molecule has 1 heterocycles. The lowest BCUT2D eigenvalue weighted by Gasteiger charge is -2.11. The van der Waals surface area contributed by atoms with Gasteiger partial charge < -0.3 is 13.9 Å².